The van der Waals surface area contributed by atoms with Crippen molar-refractivity contribution in [2.45, 2.75) is 12.5 Å². The molecule has 152 valence electrons. The maximum atomic E-state index is 6.46. The number of anilines is 1. The number of benzene rings is 3. The van der Waals surface area contributed by atoms with Crippen molar-refractivity contribution in [1.82, 2.24) is 10.2 Å². The van der Waals surface area contributed by atoms with Crippen molar-refractivity contribution in [3.05, 3.63) is 112 Å². The summed E-state index contributed by atoms with van der Waals surface area (Å²) in [5.74, 6) is 0.682. The van der Waals surface area contributed by atoms with E-state index in [1.54, 1.807) is 0 Å². The zero-order chi connectivity index (χ0) is 21.2. The van der Waals surface area contributed by atoms with Gasteiger partial charge in [0.15, 0.2) is 5.82 Å². The van der Waals surface area contributed by atoms with Crippen LogP contribution in [0.1, 0.15) is 23.6 Å². The molecule has 1 unspecified atom stereocenters. The van der Waals surface area contributed by atoms with Crippen LogP contribution in [0, 0.1) is 0 Å². The van der Waals surface area contributed by atoms with Crippen LogP contribution in [-0.2, 0) is 0 Å². The summed E-state index contributed by atoms with van der Waals surface area (Å²) in [7, 11) is 0. The summed E-state index contributed by atoms with van der Waals surface area (Å²) in [6.45, 7) is 0. The highest BCUT2D eigenvalue weighted by Crippen LogP contribution is 2.37. The molecule has 1 aliphatic rings. The van der Waals surface area contributed by atoms with E-state index < -0.39 is 0 Å². The van der Waals surface area contributed by atoms with Gasteiger partial charge in [0.05, 0.1) is 17.4 Å². The Morgan fingerprint density at radius 3 is 2.19 bits per heavy atom. The number of aromatic nitrogens is 2. The Morgan fingerprint density at radius 2 is 1.48 bits per heavy atom. The highest BCUT2D eigenvalue weighted by atomic mass is 35.5. The maximum absolute atomic E-state index is 6.46. The molecule has 0 spiro atoms. The average molecular weight is 445 g/mol. The molecule has 4 nitrogen and oxygen atoms in total. The van der Waals surface area contributed by atoms with Gasteiger partial charge in [-0.05, 0) is 35.9 Å². The molecule has 6 heteroatoms. The lowest BCUT2D eigenvalue weighted by Gasteiger charge is -2.22. The second kappa shape index (κ2) is 8.50. The van der Waals surface area contributed by atoms with Gasteiger partial charge in [0.2, 0.25) is 0 Å². The molecule has 0 aliphatic carbocycles. The molecule has 1 aliphatic heterocycles. The van der Waals surface area contributed by atoms with Crippen LogP contribution >= 0.6 is 23.2 Å². The van der Waals surface area contributed by atoms with Crippen LogP contribution in [0.15, 0.2) is 96.1 Å². The second-order valence-corrected chi connectivity index (χ2v) is 8.13. The SMILES string of the molecule is Clc1ccc(C2CC(c3ccccc3Cl)=NN2c2ccc(-c3ccccc3)nn2)cc1. The monoisotopic (exact) mass is 444 g/mol. The molecule has 0 bridgehead atoms. The first-order chi connectivity index (χ1) is 15.2. The fourth-order valence-electron chi connectivity index (χ4n) is 3.73. The molecule has 0 saturated heterocycles. The van der Waals surface area contributed by atoms with E-state index in [0.717, 1.165) is 28.1 Å². The molecular formula is C25H18Cl2N4. The van der Waals surface area contributed by atoms with Gasteiger partial charge in [-0.1, -0.05) is 83.9 Å². The molecule has 4 aromatic rings. The highest BCUT2D eigenvalue weighted by Gasteiger charge is 2.31. The van der Waals surface area contributed by atoms with Crippen molar-refractivity contribution >= 4 is 34.7 Å². The third-order valence-electron chi connectivity index (χ3n) is 5.30. The van der Waals surface area contributed by atoms with Crippen LogP contribution in [0.25, 0.3) is 11.3 Å². The summed E-state index contributed by atoms with van der Waals surface area (Å²) in [5, 5.41) is 17.1. The van der Waals surface area contributed by atoms with Crippen LogP contribution < -0.4 is 5.01 Å². The molecule has 1 aromatic heterocycles. The smallest absolute Gasteiger partial charge is 0.172 e. The Balaban J connectivity index is 1.53. The zero-order valence-corrected chi connectivity index (χ0v) is 18.0. The van der Waals surface area contributed by atoms with Crippen molar-refractivity contribution in [1.29, 1.82) is 0 Å². The van der Waals surface area contributed by atoms with Gasteiger partial charge in [0.25, 0.3) is 0 Å². The zero-order valence-electron chi connectivity index (χ0n) is 16.5. The van der Waals surface area contributed by atoms with Gasteiger partial charge < -0.3 is 0 Å². The Labute approximate surface area is 190 Å². The van der Waals surface area contributed by atoms with Gasteiger partial charge in [-0.2, -0.15) is 5.10 Å². The summed E-state index contributed by atoms with van der Waals surface area (Å²) in [5.41, 5.74) is 4.79. The second-order valence-electron chi connectivity index (χ2n) is 7.29. The average Bonchev–Trinajstić information content (AvgIpc) is 3.26. The third kappa shape index (κ3) is 4.05. The lowest BCUT2D eigenvalue weighted by molar-refractivity contribution is 0.692. The number of hydrogen-bond donors (Lipinski definition) is 0. The van der Waals surface area contributed by atoms with Crippen molar-refractivity contribution in [2.24, 2.45) is 5.10 Å². The van der Waals surface area contributed by atoms with E-state index in [0.29, 0.717) is 22.3 Å². The predicted octanol–water partition coefficient (Wildman–Crippen LogP) is 6.81. The van der Waals surface area contributed by atoms with Crippen LogP contribution in [0.3, 0.4) is 0 Å². The van der Waals surface area contributed by atoms with Crippen molar-refractivity contribution < 1.29 is 0 Å². The number of hydrogen-bond acceptors (Lipinski definition) is 4. The Bertz CT molecular complexity index is 1220. The molecular weight excluding hydrogens is 427 g/mol. The summed E-state index contributed by atoms with van der Waals surface area (Å²) >= 11 is 12.6. The molecule has 1 atom stereocenters. The van der Waals surface area contributed by atoms with Gasteiger partial charge in [0.1, 0.15) is 0 Å². The van der Waals surface area contributed by atoms with Gasteiger partial charge in [0, 0.05) is 27.6 Å². The Hall–Kier alpha value is -3.21. The van der Waals surface area contributed by atoms with E-state index in [4.69, 9.17) is 28.3 Å². The van der Waals surface area contributed by atoms with Gasteiger partial charge >= 0.3 is 0 Å². The first kappa shape index (κ1) is 19.7. The quantitative estimate of drug-likeness (QED) is 0.347. The van der Waals surface area contributed by atoms with Crippen LogP contribution in [-0.4, -0.2) is 15.9 Å². The minimum atomic E-state index is -0.0274. The van der Waals surface area contributed by atoms with E-state index in [9.17, 15) is 0 Å². The van der Waals surface area contributed by atoms with E-state index >= 15 is 0 Å². The van der Waals surface area contributed by atoms with Crippen LogP contribution in [0.2, 0.25) is 10.0 Å². The van der Waals surface area contributed by atoms with E-state index in [-0.39, 0.29) is 6.04 Å². The molecule has 31 heavy (non-hydrogen) atoms. The normalized spacial score (nSPS) is 15.7. The minimum absolute atomic E-state index is 0.0274. The highest BCUT2D eigenvalue weighted by molar-refractivity contribution is 6.34. The first-order valence-electron chi connectivity index (χ1n) is 9.95. The molecule has 0 amide bonds. The van der Waals surface area contributed by atoms with E-state index in [2.05, 4.69) is 10.2 Å². The summed E-state index contributed by atoms with van der Waals surface area (Å²) in [6, 6.07) is 29.5. The molecule has 3 aromatic carbocycles. The number of hydrazone groups is 1. The lowest BCUT2D eigenvalue weighted by atomic mass is 9.98. The molecule has 0 N–H and O–H groups in total. The van der Waals surface area contributed by atoms with Crippen molar-refractivity contribution in [3.63, 3.8) is 0 Å². The van der Waals surface area contributed by atoms with Gasteiger partial charge in [-0.15, -0.1) is 10.2 Å². The molecule has 2 heterocycles. The largest absolute Gasteiger partial charge is 0.238 e. The Kier molecular flexibility index (Phi) is 5.41. The molecule has 5 rings (SSSR count). The summed E-state index contributed by atoms with van der Waals surface area (Å²) in [4.78, 5) is 0. The fraction of sp³-hybridized carbons (Fsp3) is 0.0800. The van der Waals surface area contributed by atoms with Gasteiger partial charge in [-0.25, -0.2) is 5.01 Å². The summed E-state index contributed by atoms with van der Waals surface area (Å²) in [6.07, 6.45) is 0.702. The number of nitrogens with zero attached hydrogens (tertiary/aromatic N) is 4. The maximum Gasteiger partial charge on any atom is 0.172 e. The predicted molar refractivity (Wildman–Crippen MR) is 127 cm³/mol. The van der Waals surface area contributed by atoms with Crippen LogP contribution in [0.5, 0.6) is 0 Å². The fourth-order valence-corrected chi connectivity index (χ4v) is 4.11. The van der Waals surface area contributed by atoms with E-state index in [1.807, 2.05) is 96.0 Å². The topological polar surface area (TPSA) is 41.4 Å². The third-order valence-corrected chi connectivity index (χ3v) is 5.89. The van der Waals surface area contributed by atoms with Crippen molar-refractivity contribution in [3.8, 4) is 11.3 Å². The number of halogens is 2. The first-order valence-corrected chi connectivity index (χ1v) is 10.7. The molecule has 0 saturated carbocycles. The van der Waals surface area contributed by atoms with Gasteiger partial charge in [-0.3, -0.25) is 0 Å². The summed E-state index contributed by atoms with van der Waals surface area (Å²) < 4.78 is 0. The van der Waals surface area contributed by atoms with Crippen LogP contribution in [0.4, 0.5) is 5.82 Å². The molecule has 0 radical (unpaired) electrons. The lowest BCUT2D eigenvalue weighted by Crippen LogP contribution is -2.20. The standard InChI is InChI=1S/C25H18Cl2N4/c26-19-12-10-18(11-13-19)24-16-23(20-8-4-5-9-21(20)27)30-31(24)25-15-14-22(28-29-25)17-6-2-1-3-7-17/h1-15,24H,16H2. The Morgan fingerprint density at radius 1 is 0.742 bits per heavy atom. The number of rotatable bonds is 4. The molecule has 0 fully saturated rings. The van der Waals surface area contributed by atoms with Crippen molar-refractivity contribution in [2.75, 3.05) is 5.01 Å². The minimum Gasteiger partial charge on any atom is -0.238 e. The van der Waals surface area contributed by atoms with E-state index in [1.165, 1.54) is 0 Å².